The molecule has 112 valence electrons. The fraction of sp³-hybridized carbons (Fsp3) is 0.200. The van der Waals surface area contributed by atoms with Crippen molar-refractivity contribution in [3.8, 4) is 11.5 Å². The molecule has 0 radical (unpaired) electrons. The van der Waals surface area contributed by atoms with E-state index in [1.807, 2.05) is 0 Å². The van der Waals surface area contributed by atoms with Gasteiger partial charge in [0.05, 0.1) is 19.0 Å². The molecule has 2 aromatic carbocycles. The Hall–Kier alpha value is -0.970. The highest BCUT2D eigenvalue weighted by molar-refractivity contribution is 9.09. The van der Waals surface area contributed by atoms with Crippen molar-refractivity contribution >= 4 is 39.1 Å². The van der Waals surface area contributed by atoms with E-state index in [0.29, 0.717) is 32.7 Å². The summed E-state index contributed by atoms with van der Waals surface area (Å²) in [6.07, 6.45) is 0. The van der Waals surface area contributed by atoms with Crippen molar-refractivity contribution < 1.29 is 13.9 Å². The molecule has 0 aliphatic carbocycles. The minimum atomic E-state index is -0.455. The van der Waals surface area contributed by atoms with Gasteiger partial charge in [0.15, 0.2) is 11.5 Å². The summed E-state index contributed by atoms with van der Waals surface area (Å²) in [6.45, 7) is 0. The number of benzene rings is 2. The molecule has 0 N–H and O–H groups in total. The monoisotopic (exact) mass is 392 g/mol. The van der Waals surface area contributed by atoms with Crippen LogP contribution in [0.3, 0.4) is 0 Å². The second-order valence-corrected chi connectivity index (χ2v) is 6.02. The summed E-state index contributed by atoms with van der Waals surface area (Å²) in [4.78, 5) is -0.455. The van der Waals surface area contributed by atoms with E-state index in [1.54, 1.807) is 24.3 Å². The van der Waals surface area contributed by atoms with Gasteiger partial charge in [-0.25, -0.2) is 4.39 Å². The van der Waals surface area contributed by atoms with Crippen LogP contribution >= 0.6 is 39.1 Å². The second kappa shape index (κ2) is 6.86. The van der Waals surface area contributed by atoms with Gasteiger partial charge in [-0.15, -0.1) is 0 Å². The highest BCUT2D eigenvalue weighted by Gasteiger charge is 2.21. The van der Waals surface area contributed by atoms with Crippen molar-refractivity contribution in [2.24, 2.45) is 0 Å². The number of methoxy groups -OCH3 is 2. The maximum absolute atomic E-state index is 14.3. The third-order valence-corrected chi connectivity index (χ3v) is 4.57. The average molecular weight is 394 g/mol. The van der Waals surface area contributed by atoms with Crippen LogP contribution < -0.4 is 9.47 Å². The van der Waals surface area contributed by atoms with Gasteiger partial charge in [-0.05, 0) is 29.8 Å². The lowest BCUT2D eigenvalue weighted by molar-refractivity contribution is 0.351. The molecule has 1 atom stereocenters. The molecule has 0 aromatic heterocycles. The largest absolute Gasteiger partial charge is 0.493 e. The molecule has 21 heavy (non-hydrogen) atoms. The molecule has 2 nitrogen and oxygen atoms in total. The quantitative estimate of drug-likeness (QED) is 0.626. The third kappa shape index (κ3) is 3.44. The van der Waals surface area contributed by atoms with E-state index in [1.165, 1.54) is 20.3 Å². The lowest BCUT2D eigenvalue weighted by Gasteiger charge is -2.16. The van der Waals surface area contributed by atoms with Crippen LogP contribution in [-0.4, -0.2) is 14.2 Å². The molecule has 0 saturated heterocycles. The number of hydrogen-bond acceptors (Lipinski definition) is 2. The summed E-state index contributed by atoms with van der Waals surface area (Å²) >= 11 is 15.6. The Bertz CT molecular complexity index is 664. The first kappa shape index (κ1) is 16.4. The summed E-state index contributed by atoms with van der Waals surface area (Å²) in [5.41, 5.74) is 1.06. The Balaban J connectivity index is 2.52. The van der Waals surface area contributed by atoms with Crippen LogP contribution in [0.2, 0.25) is 10.0 Å². The van der Waals surface area contributed by atoms with Crippen molar-refractivity contribution in [1.82, 2.24) is 0 Å². The van der Waals surface area contributed by atoms with E-state index in [9.17, 15) is 4.39 Å². The predicted octanol–water partition coefficient (Wildman–Crippen LogP) is 5.63. The van der Waals surface area contributed by atoms with Gasteiger partial charge in [0, 0.05) is 21.7 Å². The molecule has 2 aromatic rings. The van der Waals surface area contributed by atoms with E-state index < -0.39 is 10.6 Å². The molecular weight excluding hydrogens is 382 g/mol. The number of rotatable bonds is 4. The van der Waals surface area contributed by atoms with Gasteiger partial charge in [-0.3, -0.25) is 0 Å². The zero-order valence-corrected chi connectivity index (χ0v) is 14.4. The SMILES string of the molecule is COc1cc(F)c(C(Br)c2cc(Cl)ccc2Cl)cc1OC. The van der Waals surface area contributed by atoms with Crippen LogP contribution in [-0.2, 0) is 0 Å². The molecule has 0 heterocycles. The van der Waals surface area contributed by atoms with E-state index >= 15 is 0 Å². The van der Waals surface area contributed by atoms with Crippen LogP contribution in [0.5, 0.6) is 11.5 Å². The molecule has 1 unspecified atom stereocenters. The van der Waals surface area contributed by atoms with Crippen LogP contribution in [0.25, 0.3) is 0 Å². The number of alkyl halides is 1. The fourth-order valence-electron chi connectivity index (χ4n) is 1.94. The van der Waals surface area contributed by atoms with Crippen molar-refractivity contribution in [1.29, 1.82) is 0 Å². The molecule has 2 rings (SSSR count). The van der Waals surface area contributed by atoms with Crippen LogP contribution in [0.15, 0.2) is 30.3 Å². The summed E-state index contributed by atoms with van der Waals surface area (Å²) < 4.78 is 24.6. The van der Waals surface area contributed by atoms with Crippen LogP contribution in [0, 0.1) is 5.82 Å². The number of halogens is 4. The number of ether oxygens (including phenoxy) is 2. The van der Waals surface area contributed by atoms with Crippen molar-refractivity contribution in [3.05, 3.63) is 57.3 Å². The summed E-state index contributed by atoms with van der Waals surface area (Å²) in [5, 5.41) is 1.02. The molecule has 0 bridgehead atoms. The van der Waals surface area contributed by atoms with Gasteiger partial charge >= 0.3 is 0 Å². The van der Waals surface area contributed by atoms with Crippen molar-refractivity contribution in [3.63, 3.8) is 0 Å². The van der Waals surface area contributed by atoms with E-state index in [2.05, 4.69) is 15.9 Å². The van der Waals surface area contributed by atoms with Gasteiger partial charge in [0.25, 0.3) is 0 Å². The Morgan fingerprint density at radius 2 is 1.62 bits per heavy atom. The average Bonchev–Trinajstić information content (AvgIpc) is 2.48. The molecule has 0 saturated carbocycles. The first-order valence-electron chi connectivity index (χ1n) is 5.98. The number of hydrogen-bond donors (Lipinski definition) is 0. The molecule has 6 heteroatoms. The first-order valence-corrected chi connectivity index (χ1v) is 7.65. The highest BCUT2D eigenvalue weighted by Crippen LogP contribution is 2.41. The van der Waals surface area contributed by atoms with Gasteiger partial charge in [0.2, 0.25) is 0 Å². The minimum absolute atomic E-state index is 0.329. The van der Waals surface area contributed by atoms with Gasteiger partial charge in [0.1, 0.15) is 5.82 Å². The fourth-order valence-corrected chi connectivity index (χ4v) is 3.21. The van der Waals surface area contributed by atoms with Crippen molar-refractivity contribution in [2.75, 3.05) is 14.2 Å². The topological polar surface area (TPSA) is 18.5 Å². The van der Waals surface area contributed by atoms with Gasteiger partial charge in [-0.2, -0.15) is 0 Å². The molecular formula is C15H12BrCl2FO2. The predicted molar refractivity (Wildman–Crippen MR) is 86.7 cm³/mol. The Labute approximate surface area is 140 Å². The minimum Gasteiger partial charge on any atom is -0.493 e. The van der Waals surface area contributed by atoms with Crippen molar-refractivity contribution in [2.45, 2.75) is 4.83 Å². The molecule has 0 aliphatic rings. The van der Waals surface area contributed by atoms with Crippen LogP contribution in [0.4, 0.5) is 4.39 Å². The maximum atomic E-state index is 14.3. The van der Waals surface area contributed by atoms with E-state index in [0.717, 1.165) is 0 Å². The summed E-state index contributed by atoms with van der Waals surface area (Å²) in [7, 11) is 2.95. The van der Waals surface area contributed by atoms with Gasteiger partial charge in [-0.1, -0.05) is 39.1 Å². The van der Waals surface area contributed by atoms with E-state index in [4.69, 9.17) is 32.7 Å². The lowest BCUT2D eigenvalue weighted by atomic mass is 10.0. The summed E-state index contributed by atoms with van der Waals surface area (Å²) in [6, 6.07) is 7.90. The van der Waals surface area contributed by atoms with Crippen LogP contribution in [0.1, 0.15) is 16.0 Å². The standard InChI is InChI=1S/C15H12BrCl2FO2/c1-20-13-6-10(12(19)7-14(13)21-2)15(16)9-5-8(17)3-4-11(9)18/h3-7,15H,1-2H3. The zero-order chi connectivity index (χ0) is 15.6. The lowest BCUT2D eigenvalue weighted by Crippen LogP contribution is -2.00. The third-order valence-electron chi connectivity index (χ3n) is 3.01. The molecule has 0 amide bonds. The Morgan fingerprint density at radius 3 is 2.24 bits per heavy atom. The smallest absolute Gasteiger partial charge is 0.163 e. The Morgan fingerprint density at radius 1 is 1.00 bits per heavy atom. The molecule has 0 spiro atoms. The highest BCUT2D eigenvalue weighted by atomic mass is 79.9. The normalized spacial score (nSPS) is 12.1. The first-order chi connectivity index (χ1) is 9.97. The molecule has 0 aliphatic heterocycles. The summed E-state index contributed by atoms with van der Waals surface area (Å²) in [5.74, 6) is 0.345. The zero-order valence-electron chi connectivity index (χ0n) is 11.3. The molecule has 0 fully saturated rings. The Kier molecular flexibility index (Phi) is 5.36. The second-order valence-electron chi connectivity index (χ2n) is 4.26. The van der Waals surface area contributed by atoms with Gasteiger partial charge < -0.3 is 9.47 Å². The maximum Gasteiger partial charge on any atom is 0.163 e. The van der Waals surface area contributed by atoms with E-state index in [-0.39, 0.29) is 0 Å².